The van der Waals surface area contributed by atoms with E-state index in [0.29, 0.717) is 12.0 Å². The fourth-order valence-electron chi connectivity index (χ4n) is 3.46. The van der Waals surface area contributed by atoms with Crippen LogP contribution in [0.1, 0.15) is 25.8 Å². The molecule has 5 heteroatoms. The van der Waals surface area contributed by atoms with Crippen LogP contribution in [-0.4, -0.2) is 68.0 Å². The zero-order chi connectivity index (χ0) is 17.5. The highest BCUT2D eigenvalue weighted by Crippen LogP contribution is 2.25. The van der Waals surface area contributed by atoms with Crippen LogP contribution in [0.25, 0.3) is 0 Å². The number of piperazine rings is 1. The van der Waals surface area contributed by atoms with Gasteiger partial charge in [-0.25, -0.2) is 0 Å². The smallest absolute Gasteiger partial charge is 0.122 e. The van der Waals surface area contributed by atoms with Gasteiger partial charge in [-0.3, -0.25) is 4.90 Å². The lowest BCUT2D eigenvalue weighted by Crippen LogP contribution is -2.53. The molecule has 5 nitrogen and oxygen atoms in total. The maximum atomic E-state index is 9.45. The zero-order valence-electron chi connectivity index (χ0n) is 15.5. The maximum absolute atomic E-state index is 9.45. The van der Waals surface area contributed by atoms with Crippen molar-refractivity contribution in [2.45, 2.75) is 32.9 Å². The number of methoxy groups -OCH3 is 2. The van der Waals surface area contributed by atoms with Gasteiger partial charge in [-0.05, 0) is 30.0 Å². The van der Waals surface area contributed by atoms with E-state index in [9.17, 15) is 5.11 Å². The first-order valence-corrected chi connectivity index (χ1v) is 8.85. The molecule has 24 heavy (non-hydrogen) atoms. The number of ether oxygens (including phenoxy) is 2. The summed E-state index contributed by atoms with van der Waals surface area (Å²) in [6.45, 7) is 9.87. The van der Waals surface area contributed by atoms with Gasteiger partial charge in [-0.1, -0.05) is 13.8 Å². The first-order valence-electron chi connectivity index (χ1n) is 8.85. The molecule has 1 aromatic rings. The van der Waals surface area contributed by atoms with Crippen LogP contribution >= 0.6 is 0 Å². The van der Waals surface area contributed by atoms with Crippen LogP contribution < -0.4 is 9.47 Å². The maximum Gasteiger partial charge on any atom is 0.122 e. The molecule has 0 aromatic heterocycles. The van der Waals surface area contributed by atoms with Crippen LogP contribution in [0.15, 0.2) is 18.2 Å². The van der Waals surface area contributed by atoms with Gasteiger partial charge in [0.15, 0.2) is 0 Å². The van der Waals surface area contributed by atoms with Crippen LogP contribution in [-0.2, 0) is 6.54 Å². The summed E-state index contributed by atoms with van der Waals surface area (Å²) in [7, 11) is 3.36. The second-order valence-electron chi connectivity index (χ2n) is 7.01. The van der Waals surface area contributed by atoms with Crippen LogP contribution in [0.4, 0.5) is 0 Å². The largest absolute Gasteiger partial charge is 0.497 e. The van der Waals surface area contributed by atoms with Gasteiger partial charge in [-0.15, -0.1) is 0 Å². The van der Waals surface area contributed by atoms with Crippen molar-refractivity contribution in [3.05, 3.63) is 23.8 Å². The third kappa shape index (κ3) is 5.36. The Labute approximate surface area is 146 Å². The molecule has 0 spiro atoms. The van der Waals surface area contributed by atoms with Crippen molar-refractivity contribution in [1.82, 2.24) is 9.80 Å². The Kier molecular flexibility index (Phi) is 7.34. The number of aliphatic hydroxyl groups excluding tert-OH is 1. The Hall–Kier alpha value is -1.30. The number of benzene rings is 1. The molecule has 1 fully saturated rings. The van der Waals surface area contributed by atoms with Gasteiger partial charge in [0.25, 0.3) is 0 Å². The minimum Gasteiger partial charge on any atom is -0.497 e. The van der Waals surface area contributed by atoms with Gasteiger partial charge in [-0.2, -0.15) is 0 Å². The molecule has 0 saturated carbocycles. The molecule has 0 radical (unpaired) electrons. The molecule has 0 amide bonds. The number of hydrogen-bond donors (Lipinski definition) is 1. The summed E-state index contributed by atoms with van der Waals surface area (Å²) in [5, 5.41) is 9.45. The first-order chi connectivity index (χ1) is 11.5. The van der Waals surface area contributed by atoms with Gasteiger partial charge in [0, 0.05) is 51.4 Å². The second kappa shape index (κ2) is 9.25. The molecule has 0 aliphatic carbocycles. The van der Waals surface area contributed by atoms with Crippen LogP contribution in [0.2, 0.25) is 0 Å². The SMILES string of the molecule is COc1cc(CN2CCN(CC(C)C)C[C@@H]2CCO)cc(OC)c1. The monoisotopic (exact) mass is 336 g/mol. The minimum absolute atomic E-state index is 0.234. The van der Waals surface area contributed by atoms with Crippen molar-refractivity contribution in [3.8, 4) is 11.5 Å². The van der Waals surface area contributed by atoms with Crippen molar-refractivity contribution >= 4 is 0 Å². The lowest BCUT2D eigenvalue weighted by Gasteiger charge is -2.42. The summed E-state index contributed by atoms with van der Waals surface area (Å²) in [5.41, 5.74) is 1.19. The summed E-state index contributed by atoms with van der Waals surface area (Å²) in [5.74, 6) is 2.32. The van der Waals surface area contributed by atoms with E-state index in [-0.39, 0.29) is 6.61 Å². The predicted octanol–water partition coefficient (Wildman–Crippen LogP) is 2.23. The number of nitrogens with zero attached hydrogens (tertiary/aromatic N) is 2. The third-order valence-corrected chi connectivity index (χ3v) is 4.57. The third-order valence-electron chi connectivity index (χ3n) is 4.57. The van der Waals surface area contributed by atoms with E-state index in [4.69, 9.17) is 9.47 Å². The lowest BCUT2D eigenvalue weighted by atomic mass is 10.1. The van der Waals surface area contributed by atoms with Gasteiger partial charge in [0.05, 0.1) is 14.2 Å². The van der Waals surface area contributed by atoms with Crippen molar-refractivity contribution < 1.29 is 14.6 Å². The standard InChI is InChI=1S/C19H32N2O3/c1-15(2)12-20-6-7-21(17(14-20)5-8-22)13-16-9-18(23-3)11-19(10-16)24-4/h9-11,15,17,22H,5-8,12-14H2,1-4H3/t17-/m0/s1. The highest BCUT2D eigenvalue weighted by Gasteiger charge is 2.27. The molecular formula is C19H32N2O3. The van der Waals surface area contributed by atoms with Crippen LogP contribution in [0, 0.1) is 5.92 Å². The first kappa shape index (κ1) is 19.0. The predicted molar refractivity (Wildman–Crippen MR) is 96.7 cm³/mol. The topological polar surface area (TPSA) is 45.2 Å². The molecule has 1 heterocycles. The Balaban J connectivity index is 2.07. The van der Waals surface area contributed by atoms with Gasteiger partial charge in [0.2, 0.25) is 0 Å². The molecule has 1 saturated heterocycles. The molecule has 1 aliphatic rings. The summed E-state index contributed by atoms with van der Waals surface area (Å²) in [6, 6.07) is 6.42. The summed E-state index contributed by atoms with van der Waals surface area (Å²) >= 11 is 0. The number of hydrogen-bond acceptors (Lipinski definition) is 5. The fraction of sp³-hybridized carbons (Fsp3) is 0.684. The van der Waals surface area contributed by atoms with Crippen LogP contribution in [0.5, 0.6) is 11.5 Å². The lowest BCUT2D eigenvalue weighted by molar-refractivity contribution is 0.0482. The van der Waals surface area contributed by atoms with Crippen molar-refractivity contribution in [1.29, 1.82) is 0 Å². The highest BCUT2D eigenvalue weighted by atomic mass is 16.5. The van der Waals surface area contributed by atoms with Crippen molar-refractivity contribution in [2.75, 3.05) is 47.0 Å². The average Bonchev–Trinajstić information content (AvgIpc) is 2.56. The fourth-order valence-corrected chi connectivity index (χ4v) is 3.46. The summed E-state index contributed by atoms with van der Waals surface area (Å²) in [6.07, 6.45) is 0.815. The molecule has 136 valence electrons. The van der Waals surface area contributed by atoms with E-state index in [2.05, 4.69) is 35.8 Å². The van der Waals surface area contributed by atoms with Gasteiger partial charge < -0.3 is 19.5 Å². The van der Waals surface area contributed by atoms with Gasteiger partial charge >= 0.3 is 0 Å². The van der Waals surface area contributed by atoms with E-state index in [1.54, 1.807) is 14.2 Å². The molecule has 1 atom stereocenters. The summed E-state index contributed by atoms with van der Waals surface area (Å²) in [4.78, 5) is 4.99. The Morgan fingerprint density at radius 1 is 1.12 bits per heavy atom. The molecule has 2 rings (SSSR count). The molecule has 1 aromatic carbocycles. The molecule has 1 aliphatic heterocycles. The van der Waals surface area contributed by atoms with E-state index >= 15 is 0 Å². The highest BCUT2D eigenvalue weighted by molar-refractivity contribution is 5.38. The van der Waals surface area contributed by atoms with E-state index in [1.165, 1.54) is 5.56 Å². The normalized spacial score (nSPS) is 19.7. The molecule has 0 bridgehead atoms. The number of aliphatic hydroxyl groups is 1. The van der Waals surface area contributed by atoms with Crippen molar-refractivity contribution in [3.63, 3.8) is 0 Å². The zero-order valence-corrected chi connectivity index (χ0v) is 15.5. The second-order valence-corrected chi connectivity index (χ2v) is 7.01. The Morgan fingerprint density at radius 2 is 1.79 bits per heavy atom. The molecular weight excluding hydrogens is 304 g/mol. The van der Waals surface area contributed by atoms with Crippen molar-refractivity contribution in [2.24, 2.45) is 5.92 Å². The Bertz CT molecular complexity index is 485. The average molecular weight is 336 g/mol. The summed E-state index contributed by atoms with van der Waals surface area (Å²) < 4.78 is 10.7. The quantitative estimate of drug-likeness (QED) is 0.789. The molecule has 1 N–H and O–H groups in total. The van der Waals surface area contributed by atoms with Gasteiger partial charge in [0.1, 0.15) is 11.5 Å². The van der Waals surface area contributed by atoms with E-state index in [0.717, 1.165) is 50.6 Å². The minimum atomic E-state index is 0.234. The molecule has 0 unspecified atom stereocenters. The number of rotatable bonds is 8. The van der Waals surface area contributed by atoms with Crippen LogP contribution in [0.3, 0.4) is 0 Å². The van der Waals surface area contributed by atoms with E-state index < -0.39 is 0 Å². The van der Waals surface area contributed by atoms with E-state index in [1.807, 2.05) is 6.07 Å². The Morgan fingerprint density at radius 3 is 2.33 bits per heavy atom.